The van der Waals surface area contributed by atoms with E-state index in [-0.39, 0.29) is 17.1 Å². The number of nitrogens with one attached hydrogen (secondary N) is 1. The van der Waals surface area contributed by atoms with Crippen molar-refractivity contribution in [3.05, 3.63) is 35.9 Å². The van der Waals surface area contributed by atoms with E-state index in [4.69, 9.17) is 0 Å². The molecule has 1 aromatic carbocycles. The van der Waals surface area contributed by atoms with Crippen LogP contribution in [-0.4, -0.2) is 27.1 Å². The zero-order valence-corrected chi connectivity index (χ0v) is 10.1. The minimum absolute atomic E-state index is 0.0335. The summed E-state index contributed by atoms with van der Waals surface area (Å²) in [4.78, 5) is 22.5. The number of carbonyl (C=O) groups excluding carboxylic acids is 1. The van der Waals surface area contributed by atoms with E-state index < -0.39 is 0 Å². The van der Waals surface area contributed by atoms with E-state index in [1.807, 2.05) is 12.1 Å². The number of aliphatic imine (C=N–C) groups is 1. The number of allylic oxidation sites excluding steroid dienone is 2. The fourth-order valence-corrected chi connectivity index (χ4v) is 1.58. The van der Waals surface area contributed by atoms with Crippen molar-refractivity contribution in [3.63, 3.8) is 0 Å². The second kappa shape index (κ2) is 4.83. The quantitative estimate of drug-likeness (QED) is 0.494. The molecule has 2 N–H and O–H groups in total. The lowest BCUT2D eigenvalue weighted by Gasteiger charge is -1.98. The fraction of sp³-hybridized carbons (Fsp3) is 0.154. The summed E-state index contributed by atoms with van der Waals surface area (Å²) in [6, 6.07) is 5.45. The van der Waals surface area contributed by atoms with Crippen LogP contribution >= 0.6 is 0 Å². The van der Waals surface area contributed by atoms with Crippen LogP contribution < -0.4 is 0 Å². The molecule has 0 aliphatic carbocycles. The first-order chi connectivity index (χ1) is 8.58. The predicted octanol–water partition coefficient (Wildman–Crippen LogP) is 2.69. The Morgan fingerprint density at radius 3 is 2.89 bits per heavy atom. The Morgan fingerprint density at radius 1 is 1.44 bits per heavy atom. The molecule has 0 fully saturated rings. The molecule has 5 heteroatoms. The zero-order chi connectivity index (χ0) is 13.1. The lowest BCUT2D eigenvalue weighted by molar-refractivity contribution is -0.113. The second-order valence-electron chi connectivity index (χ2n) is 3.92. The number of ketones is 1. The van der Waals surface area contributed by atoms with Gasteiger partial charge in [-0.15, -0.1) is 0 Å². The average molecular weight is 243 g/mol. The maximum Gasteiger partial charge on any atom is 0.164 e. The fourth-order valence-electron chi connectivity index (χ4n) is 1.58. The van der Waals surface area contributed by atoms with Crippen molar-refractivity contribution >= 4 is 28.7 Å². The minimum Gasteiger partial charge on any atom is -0.512 e. The molecular formula is C13H13N3O2. The third-order valence-electron chi connectivity index (χ3n) is 2.52. The van der Waals surface area contributed by atoms with E-state index in [1.165, 1.54) is 20.1 Å². The number of imidazole rings is 1. The molecule has 1 aromatic heterocycles. The number of benzene rings is 1. The van der Waals surface area contributed by atoms with Crippen molar-refractivity contribution in [1.29, 1.82) is 0 Å². The third kappa shape index (κ3) is 2.45. The van der Waals surface area contributed by atoms with E-state index in [2.05, 4.69) is 15.0 Å². The van der Waals surface area contributed by atoms with Gasteiger partial charge in [-0.1, -0.05) is 0 Å². The molecule has 0 aliphatic rings. The van der Waals surface area contributed by atoms with Crippen molar-refractivity contribution in [2.45, 2.75) is 13.8 Å². The Morgan fingerprint density at radius 2 is 2.22 bits per heavy atom. The van der Waals surface area contributed by atoms with E-state index in [1.54, 1.807) is 12.4 Å². The molecule has 92 valence electrons. The lowest BCUT2D eigenvalue weighted by atomic mass is 10.2. The number of aliphatic hydroxyl groups is 1. The van der Waals surface area contributed by atoms with Gasteiger partial charge in [-0.2, -0.15) is 0 Å². The monoisotopic (exact) mass is 243 g/mol. The number of rotatable bonds is 3. The van der Waals surface area contributed by atoms with Gasteiger partial charge in [-0.05, 0) is 32.0 Å². The van der Waals surface area contributed by atoms with Gasteiger partial charge in [0.25, 0.3) is 0 Å². The molecule has 18 heavy (non-hydrogen) atoms. The normalized spacial score (nSPS) is 13.0. The molecule has 1 heterocycles. The van der Waals surface area contributed by atoms with Gasteiger partial charge in [0, 0.05) is 6.21 Å². The first kappa shape index (κ1) is 12.0. The molecule has 0 radical (unpaired) electrons. The minimum atomic E-state index is -0.221. The highest BCUT2D eigenvalue weighted by atomic mass is 16.3. The van der Waals surface area contributed by atoms with E-state index in [9.17, 15) is 9.90 Å². The summed E-state index contributed by atoms with van der Waals surface area (Å²) in [6.45, 7) is 2.85. The van der Waals surface area contributed by atoms with Crippen LogP contribution in [0.1, 0.15) is 13.8 Å². The van der Waals surface area contributed by atoms with Crippen molar-refractivity contribution in [2.24, 2.45) is 4.99 Å². The summed E-state index contributed by atoms with van der Waals surface area (Å²) in [5.74, 6) is -0.254. The van der Waals surface area contributed by atoms with Gasteiger partial charge in [-0.3, -0.25) is 9.79 Å². The van der Waals surface area contributed by atoms with Gasteiger partial charge in [0.1, 0.15) is 5.76 Å². The smallest absolute Gasteiger partial charge is 0.164 e. The number of hydrogen-bond donors (Lipinski definition) is 2. The highest BCUT2D eigenvalue weighted by Gasteiger charge is 2.04. The van der Waals surface area contributed by atoms with Gasteiger partial charge in [-0.25, -0.2) is 4.98 Å². The molecule has 0 spiro atoms. The first-order valence-corrected chi connectivity index (χ1v) is 5.46. The second-order valence-corrected chi connectivity index (χ2v) is 3.92. The molecule has 0 atom stereocenters. The Hall–Kier alpha value is -2.43. The lowest BCUT2D eigenvalue weighted by Crippen LogP contribution is -2.01. The summed E-state index contributed by atoms with van der Waals surface area (Å²) in [6.07, 6.45) is 2.98. The van der Waals surface area contributed by atoms with Crippen LogP contribution in [0.2, 0.25) is 0 Å². The van der Waals surface area contributed by atoms with Crippen LogP contribution in [0.3, 0.4) is 0 Å². The molecule has 0 amide bonds. The molecule has 0 saturated heterocycles. The molecular weight excluding hydrogens is 230 g/mol. The van der Waals surface area contributed by atoms with Crippen molar-refractivity contribution in [3.8, 4) is 0 Å². The Labute approximate surface area is 104 Å². The SMILES string of the molecule is CC(=O)/C(C=Nc1ccc2nc[nH]c2c1)=C(\C)O. The number of carbonyl (C=O) groups is 1. The Kier molecular flexibility index (Phi) is 3.23. The number of aromatic amines is 1. The summed E-state index contributed by atoms with van der Waals surface area (Å²) in [5.41, 5.74) is 2.62. The summed E-state index contributed by atoms with van der Waals surface area (Å²) < 4.78 is 0. The number of aliphatic hydroxyl groups excluding tert-OH is 1. The maximum atomic E-state index is 11.3. The summed E-state index contributed by atoms with van der Waals surface area (Å²) in [7, 11) is 0. The average Bonchev–Trinajstić information content (AvgIpc) is 2.75. The Balaban J connectivity index is 2.33. The number of nitrogens with zero attached hydrogens (tertiary/aromatic N) is 2. The third-order valence-corrected chi connectivity index (χ3v) is 2.52. The largest absolute Gasteiger partial charge is 0.512 e. The van der Waals surface area contributed by atoms with Gasteiger partial charge < -0.3 is 10.1 Å². The molecule has 2 rings (SSSR count). The molecule has 0 bridgehead atoms. The number of fused-ring (bicyclic) bond motifs is 1. The Bertz CT molecular complexity index is 649. The number of H-pyrrole nitrogens is 1. The molecule has 0 unspecified atom stereocenters. The predicted molar refractivity (Wildman–Crippen MR) is 70.3 cm³/mol. The van der Waals surface area contributed by atoms with Gasteiger partial charge >= 0.3 is 0 Å². The van der Waals surface area contributed by atoms with Crippen molar-refractivity contribution in [2.75, 3.05) is 0 Å². The summed E-state index contributed by atoms with van der Waals surface area (Å²) >= 11 is 0. The van der Waals surface area contributed by atoms with E-state index in [0.29, 0.717) is 5.69 Å². The number of aromatic nitrogens is 2. The van der Waals surface area contributed by atoms with Crippen molar-refractivity contribution < 1.29 is 9.90 Å². The van der Waals surface area contributed by atoms with Crippen LogP contribution in [0.4, 0.5) is 5.69 Å². The molecule has 5 nitrogen and oxygen atoms in total. The van der Waals surface area contributed by atoms with Crippen molar-refractivity contribution in [1.82, 2.24) is 9.97 Å². The van der Waals surface area contributed by atoms with Crippen LogP contribution in [0, 0.1) is 0 Å². The zero-order valence-electron chi connectivity index (χ0n) is 10.1. The molecule has 0 aliphatic heterocycles. The standard InChI is InChI=1S/C13H13N3O2/c1-8(17)11(9(2)18)6-14-10-3-4-12-13(5-10)16-7-15-12/h3-7,17H,1-2H3,(H,15,16)/b11-8+,14-6?. The van der Waals surface area contributed by atoms with Gasteiger partial charge in [0.2, 0.25) is 0 Å². The highest BCUT2D eigenvalue weighted by Crippen LogP contribution is 2.18. The van der Waals surface area contributed by atoms with Crippen LogP contribution in [0.25, 0.3) is 11.0 Å². The molecule has 0 saturated carbocycles. The van der Waals surface area contributed by atoms with E-state index in [0.717, 1.165) is 11.0 Å². The first-order valence-electron chi connectivity index (χ1n) is 5.46. The van der Waals surface area contributed by atoms with Crippen LogP contribution in [0.5, 0.6) is 0 Å². The topological polar surface area (TPSA) is 78.3 Å². The number of Topliss-reactive ketones (excluding diaryl/α,β-unsaturated/α-hetero) is 1. The van der Waals surface area contributed by atoms with Gasteiger partial charge in [0.15, 0.2) is 5.78 Å². The summed E-state index contributed by atoms with van der Waals surface area (Å²) in [5, 5.41) is 9.35. The van der Waals surface area contributed by atoms with Crippen LogP contribution in [-0.2, 0) is 4.79 Å². The molecule has 2 aromatic rings. The number of hydrogen-bond acceptors (Lipinski definition) is 4. The van der Waals surface area contributed by atoms with Gasteiger partial charge in [0.05, 0.1) is 28.6 Å². The maximum absolute atomic E-state index is 11.3. The van der Waals surface area contributed by atoms with E-state index >= 15 is 0 Å². The van der Waals surface area contributed by atoms with Crippen LogP contribution in [0.15, 0.2) is 40.9 Å². The highest BCUT2D eigenvalue weighted by molar-refractivity contribution is 6.13.